The minimum Gasteiger partial charge on any atom is -0.479 e. The smallest absolute Gasteiger partial charge is 0.407 e. The molecule has 1 amide bonds. The normalized spacial score (nSPS) is 11.5. The molecule has 0 saturated carbocycles. The van der Waals surface area contributed by atoms with Gasteiger partial charge in [-0.05, 0) is 24.0 Å². The molecular weight excluding hydrogens is 334 g/mol. The van der Waals surface area contributed by atoms with E-state index in [1.54, 1.807) is 0 Å². The van der Waals surface area contributed by atoms with Crippen molar-refractivity contribution in [1.82, 2.24) is 5.32 Å². The second-order valence-electron chi connectivity index (χ2n) is 5.75. The van der Waals surface area contributed by atoms with Crippen molar-refractivity contribution in [3.63, 3.8) is 0 Å². The molecule has 6 nitrogen and oxygen atoms in total. The first-order chi connectivity index (χ1) is 12.6. The number of carboxylic acid groups (broad SMARTS) is 1. The van der Waals surface area contributed by atoms with Crippen molar-refractivity contribution in [3.8, 4) is 0 Å². The number of rotatable bonds is 10. The molecule has 0 aromatic heterocycles. The summed E-state index contributed by atoms with van der Waals surface area (Å²) in [4.78, 5) is 22.9. The number of nitrogens with one attached hydrogen (secondary N) is 1. The molecule has 0 heterocycles. The van der Waals surface area contributed by atoms with Gasteiger partial charge in [-0.3, -0.25) is 0 Å². The highest BCUT2D eigenvalue weighted by Gasteiger charge is 2.17. The lowest BCUT2D eigenvalue weighted by atomic mass is 10.2. The molecule has 0 aliphatic heterocycles. The third-order valence-corrected chi connectivity index (χ3v) is 3.69. The second-order valence-corrected chi connectivity index (χ2v) is 5.75. The van der Waals surface area contributed by atoms with E-state index in [0.29, 0.717) is 19.4 Å². The molecule has 6 heteroatoms. The fourth-order valence-electron chi connectivity index (χ4n) is 2.30. The molecule has 0 radical (unpaired) electrons. The summed E-state index contributed by atoms with van der Waals surface area (Å²) in [6.45, 7) is 0.765. The number of hydrogen-bond donors (Lipinski definition) is 2. The van der Waals surface area contributed by atoms with E-state index in [1.807, 2.05) is 60.7 Å². The first-order valence-electron chi connectivity index (χ1n) is 8.48. The van der Waals surface area contributed by atoms with Crippen LogP contribution in [0.5, 0.6) is 0 Å². The minimum atomic E-state index is -1.01. The summed E-state index contributed by atoms with van der Waals surface area (Å²) < 4.78 is 10.5. The Morgan fingerprint density at radius 3 is 2.08 bits per heavy atom. The number of amides is 1. The van der Waals surface area contributed by atoms with Crippen molar-refractivity contribution in [2.24, 2.45) is 0 Å². The molecule has 1 atom stereocenters. The Labute approximate surface area is 152 Å². The highest BCUT2D eigenvalue weighted by atomic mass is 16.5. The van der Waals surface area contributed by atoms with E-state index in [2.05, 4.69) is 5.32 Å². The van der Waals surface area contributed by atoms with Crippen molar-refractivity contribution in [1.29, 1.82) is 0 Å². The molecule has 2 N–H and O–H groups in total. The summed E-state index contributed by atoms with van der Waals surface area (Å²) in [5.41, 5.74) is 1.82. The molecule has 26 heavy (non-hydrogen) atoms. The maximum atomic E-state index is 11.6. The van der Waals surface area contributed by atoms with Crippen LogP contribution in [0, 0.1) is 0 Å². The minimum absolute atomic E-state index is 0.199. The zero-order valence-corrected chi connectivity index (χ0v) is 14.5. The molecule has 2 aromatic carbocycles. The number of carbonyl (C=O) groups is 2. The lowest BCUT2D eigenvalue weighted by Crippen LogP contribution is -2.28. The van der Waals surface area contributed by atoms with Crippen molar-refractivity contribution in [2.75, 3.05) is 6.54 Å². The lowest BCUT2D eigenvalue weighted by molar-refractivity contribution is -0.151. The van der Waals surface area contributed by atoms with E-state index in [1.165, 1.54) is 0 Å². The van der Waals surface area contributed by atoms with Crippen LogP contribution in [0.3, 0.4) is 0 Å². The first-order valence-corrected chi connectivity index (χ1v) is 8.48. The van der Waals surface area contributed by atoms with Gasteiger partial charge in [0.25, 0.3) is 0 Å². The molecule has 0 aliphatic carbocycles. The topological polar surface area (TPSA) is 84.9 Å². The van der Waals surface area contributed by atoms with Crippen LogP contribution >= 0.6 is 0 Å². The standard InChI is InChI=1S/C20H23NO5/c22-19(23)18(25-14-16-8-3-1-4-9-16)12-7-13-21-20(24)26-15-17-10-5-2-6-11-17/h1-6,8-11,18H,7,12-15H2,(H,21,24)(H,22,23)/t18-/m0/s1. The van der Waals surface area contributed by atoms with E-state index in [-0.39, 0.29) is 13.2 Å². The van der Waals surface area contributed by atoms with Gasteiger partial charge >= 0.3 is 12.1 Å². The number of carboxylic acids is 1. The van der Waals surface area contributed by atoms with E-state index in [0.717, 1.165) is 11.1 Å². The maximum Gasteiger partial charge on any atom is 0.407 e. The summed E-state index contributed by atoms with van der Waals surface area (Å²) in [6, 6.07) is 18.8. The number of hydrogen-bond acceptors (Lipinski definition) is 4. The van der Waals surface area contributed by atoms with Crippen LogP contribution in [0.25, 0.3) is 0 Å². The molecule has 138 valence electrons. The van der Waals surface area contributed by atoms with Gasteiger partial charge in [0, 0.05) is 6.54 Å². The number of carbonyl (C=O) groups excluding carboxylic acids is 1. The summed E-state index contributed by atoms with van der Waals surface area (Å²) in [7, 11) is 0. The predicted molar refractivity (Wildman–Crippen MR) is 96.5 cm³/mol. The number of alkyl carbamates (subject to hydrolysis) is 1. The van der Waals surface area contributed by atoms with Gasteiger partial charge in [-0.1, -0.05) is 60.7 Å². The van der Waals surface area contributed by atoms with Gasteiger partial charge in [-0.15, -0.1) is 0 Å². The molecule has 0 unspecified atom stereocenters. The van der Waals surface area contributed by atoms with Gasteiger partial charge in [-0.2, -0.15) is 0 Å². The van der Waals surface area contributed by atoms with Gasteiger partial charge in [0.05, 0.1) is 6.61 Å². The van der Waals surface area contributed by atoms with Gasteiger partial charge in [0.2, 0.25) is 0 Å². The molecule has 2 aromatic rings. The Morgan fingerprint density at radius 2 is 1.50 bits per heavy atom. The molecule has 2 rings (SSSR count). The zero-order chi connectivity index (χ0) is 18.6. The summed E-state index contributed by atoms with van der Waals surface area (Å²) in [6.07, 6.45) is -0.642. The largest absolute Gasteiger partial charge is 0.479 e. The Hall–Kier alpha value is -2.86. The van der Waals surface area contributed by atoms with Crippen molar-refractivity contribution in [2.45, 2.75) is 32.2 Å². The molecule has 0 spiro atoms. The third-order valence-electron chi connectivity index (χ3n) is 3.69. The summed E-state index contributed by atoms with van der Waals surface area (Å²) >= 11 is 0. The summed E-state index contributed by atoms with van der Waals surface area (Å²) in [5.74, 6) is -1.01. The highest BCUT2D eigenvalue weighted by Crippen LogP contribution is 2.08. The van der Waals surface area contributed by atoms with Crippen molar-refractivity contribution < 1.29 is 24.2 Å². The van der Waals surface area contributed by atoms with Crippen molar-refractivity contribution >= 4 is 12.1 Å². The van der Waals surface area contributed by atoms with E-state index in [9.17, 15) is 14.7 Å². The molecule has 0 aliphatic rings. The van der Waals surface area contributed by atoms with Crippen LogP contribution in [-0.2, 0) is 27.5 Å². The Kier molecular flexibility index (Phi) is 8.15. The average molecular weight is 357 g/mol. The van der Waals surface area contributed by atoms with E-state index in [4.69, 9.17) is 9.47 Å². The molecular formula is C20H23NO5. The number of ether oxygens (including phenoxy) is 2. The second kappa shape index (κ2) is 10.9. The van der Waals surface area contributed by atoms with Crippen LogP contribution < -0.4 is 5.32 Å². The fraction of sp³-hybridized carbons (Fsp3) is 0.300. The first kappa shape index (κ1) is 19.5. The maximum absolute atomic E-state index is 11.6. The number of benzene rings is 2. The van der Waals surface area contributed by atoms with E-state index >= 15 is 0 Å². The van der Waals surface area contributed by atoms with Crippen LogP contribution in [0.15, 0.2) is 60.7 Å². The third kappa shape index (κ3) is 7.36. The van der Waals surface area contributed by atoms with Crippen LogP contribution in [0.1, 0.15) is 24.0 Å². The van der Waals surface area contributed by atoms with Crippen molar-refractivity contribution in [3.05, 3.63) is 71.8 Å². The predicted octanol–water partition coefficient (Wildman–Crippen LogP) is 3.36. The molecule has 0 fully saturated rings. The van der Waals surface area contributed by atoms with E-state index < -0.39 is 18.2 Å². The van der Waals surface area contributed by atoms with Gasteiger partial charge in [0.1, 0.15) is 6.61 Å². The Morgan fingerprint density at radius 1 is 0.923 bits per heavy atom. The SMILES string of the molecule is O=C(NCCC[C@H](OCc1ccccc1)C(=O)O)OCc1ccccc1. The fourth-order valence-corrected chi connectivity index (χ4v) is 2.30. The molecule has 0 bridgehead atoms. The Balaban J connectivity index is 1.62. The molecule has 0 saturated heterocycles. The van der Waals surface area contributed by atoms with Gasteiger partial charge in [-0.25, -0.2) is 9.59 Å². The lowest BCUT2D eigenvalue weighted by Gasteiger charge is -2.14. The quantitative estimate of drug-likeness (QED) is 0.637. The Bertz CT molecular complexity index is 675. The van der Waals surface area contributed by atoms with Crippen LogP contribution in [0.2, 0.25) is 0 Å². The zero-order valence-electron chi connectivity index (χ0n) is 14.5. The van der Waals surface area contributed by atoms with Crippen LogP contribution in [0.4, 0.5) is 4.79 Å². The van der Waals surface area contributed by atoms with Gasteiger partial charge in [0.15, 0.2) is 6.10 Å². The van der Waals surface area contributed by atoms with Gasteiger partial charge < -0.3 is 19.9 Å². The monoisotopic (exact) mass is 357 g/mol. The highest BCUT2D eigenvalue weighted by molar-refractivity contribution is 5.72. The van der Waals surface area contributed by atoms with Crippen LogP contribution in [-0.4, -0.2) is 29.8 Å². The number of aliphatic carboxylic acids is 1. The summed E-state index contributed by atoms with van der Waals surface area (Å²) in [5, 5.41) is 11.8. The average Bonchev–Trinajstić information content (AvgIpc) is 2.67.